The second-order valence-electron chi connectivity index (χ2n) is 5.50. The minimum Gasteiger partial charge on any atom is -0.343 e. The third-order valence-corrected chi connectivity index (χ3v) is 3.87. The lowest BCUT2D eigenvalue weighted by Gasteiger charge is -2.29. The van der Waals surface area contributed by atoms with Gasteiger partial charge in [-0.1, -0.05) is 18.2 Å². The number of rotatable bonds is 3. The second kappa shape index (κ2) is 6.08. The van der Waals surface area contributed by atoms with Crippen LogP contribution in [-0.4, -0.2) is 39.9 Å². The summed E-state index contributed by atoms with van der Waals surface area (Å²) < 4.78 is 0. The number of nitrogens with zero attached hydrogens (tertiary/aromatic N) is 3. The number of nitrogens with one attached hydrogen (secondary N) is 1. The minimum absolute atomic E-state index is 0.131. The van der Waals surface area contributed by atoms with Crippen LogP contribution in [-0.2, 0) is 4.79 Å². The lowest BCUT2D eigenvalue weighted by atomic mass is 10.1. The molecule has 1 saturated heterocycles. The molecule has 1 fully saturated rings. The van der Waals surface area contributed by atoms with Crippen LogP contribution in [0.1, 0.15) is 26.2 Å². The van der Waals surface area contributed by atoms with Crippen molar-refractivity contribution in [3.05, 3.63) is 30.5 Å². The largest absolute Gasteiger partial charge is 0.343 e. The number of piperidine rings is 1. The molecule has 110 valence electrons. The van der Waals surface area contributed by atoms with Crippen LogP contribution in [0.25, 0.3) is 10.9 Å². The zero-order chi connectivity index (χ0) is 14.7. The molecule has 1 aliphatic heterocycles. The average molecular weight is 284 g/mol. The second-order valence-corrected chi connectivity index (χ2v) is 5.50. The number of para-hydroxylation sites is 1. The van der Waals surface area contributed by atoms with Crippen molar-refractivity contribution in [3.8, 4) is 0 Å². The summed E-state index contributed by atoms with van der Waals surface area (Å²) in [6.07, 6.45) is 5.21. The number of likely N-dealkylation sites (tertiary alicyclic amines) is 1. The molecule has 1 unspecified atom stereocenters. The molecule has 0 radical (unpaired) electrons. The molecule has 2 aromatic rings. The van der Waals surface area contributed by atoms with Crippen LogP contribution in [0.2, 0.25) is 0 Å². The van der Waals surface area contributed by atoms with Gasteiger partial charge in [-0.25, -0.2) is 9.97 Å². The highest BCUT2D eigenvalue weighted by Gasteiger charge is 2.22. The Morgan fingerprint density at radius 3 is 2.81 bits per heavy atom. The van der Waals surface area contributed by atoms with Gasteiger partial charge in [0.25, 0.3) is 0 Å². The van der Waals surface area contributed by atoms with Crippen molar-refractivity contribution in [3.63, 3.8) is 0 Å². The zero-order valence-corrected chi connectivity index (χ0v) is 12.2. The predicted octanol–water partition coefficient (Wildman–Crippen LogP) is 2.44. The van der Waals surface area contributed by atoms with E-state index in [2.05, 4.69) is 15.3 Å². The first-order valence-electron chi connectivity index (χ1n) is 7.51. The number of carbonyl (C=O) groups excluding carboxylic acids is 1. The fourth-order valence-corrected chi connectivity index (χ4v) is 2.69. The topological polar surface area (TPSA) is 58.1 Å². The van der Waals surface area contributed by atoms with Gasteiger partial charge in [-0.3, -0.25) is 4.79 Å². The molecule has 0 saturated carbocycles. The standard InChI is InChI=1S/C16H20N4O/c1-12(15(21)20-9-5-2-6-10-20)18-16-17-11-13-7-3-4-8-14(13)19-16/h3-4,7-8,11-12H,2,5-6,9-10H2,1H3,(H,17,18,19). The third kappa shape index (κ3) is 3.12. The molecule has 0 bridgehead atoms. The van der Waals surface area contributed by atoms with Crippen LogP contribution >= 0.6 is 0 Å². The highest BCUT2D eigenvalue weighted by Crippen LogP contribution is 2.14. The molecular formula is C16H20N4O. The summed E-state index contributed by atoms with van der Waals surface area (Å²) in [5.74, 6) is 0.637. The van der Waals surface area contributed by atoms with Crippen LogP contribution < -0.4 is 5.32 Å². The normalized spacial score (nSPS) is 16.7. The van der Waals surface area contributed by atoms with Gasteiger partial charge in [0.15, 0.2) is 0 Å². The van der Waals surface area contributed by atoms with Gasteiger partial charge in [-0.2, -0.15) is 0 Å². The molecule has 3 rings (SSSR count). The van der Waals surface area contributed by atoms with Crippen LogP contribution in [0.15, 0.2) is 30.5 Å². The summed E-state index contributed by atoms with van der Waals surface area (Å²) in [6.45, 7) is 3.60. The number of fused-ring (bicyclic) bond motifs is 1. The van der Waals surface area contributed by atoms with E-state index < -0.39 is 0 Å². The molecule has 5 heteroatoms. The molecule has 1 aromatic heterocycles. The van der Waals surface area contributed by atoms with E-state index >= 15 is 0 Å². The molecule has 1 atom stereocenters. The van der Waals surface area contributed by atoms with Crippen molar-refractivity contribution in [2.45, 2.75) is 32.2 Å². The molecule has 1 amide bonds. The Hall–Kier alpha value is -2.17. The maximum absolute atomic E-state index is 12.4. The smallest absolute Gasteiger partial charge is 0.244 e. The van der Waals surface area contributed by atoms with Crippen LogP contribution in [0, 0.1) is 0 Å². The van der Waals surface area contributed by atoms with Crippen molar-refractivity contribution in [1.29, 1.82) is 0 Å². The Balaban J connectivity index is 1.70. The number of hydrogen-bond acceptors (Lipinski definition) is 4. The molecular weight excluding hydrogens is 264 g/mol. The molecule has 2 heterocycles. The first-order chi connectivity index (χ1) is 10.2. The summed E-state index contributed by atoms with van der Waals surface area (Å²) in [5.41, 5.74) is 0.882. The van der Waals surface area contributed by atoms with Gasteiger partial charge in [-0.05, 0) is 32.3 Å². The Kier molecular flexibility index (Phi) is 3.99. The number of aromatic nitrogens is 2. The molecule has 0 aliphatic carbocycles. The summed E-state index contributed by atoms with van der Waals surface area (Å²) in [4.78, 5) is 23.0. The number of carbonyl (C=O) groups is 1. The lowest BCUT2D eigenvalue weighted by Crippen LogP contribution is -2.44. The van der Waals surface area contributed by atoms with Gasteiger partial charge in [0.2, 0.25) is 11.9 Å². The van der Waals surface area contributed by atoms with Crippen molar-refractivity contribution in [2.24, 2.45) is 0 Å². The quantitative estimate of drug-likeness (QED) is 0.940. The van der Waals surface area contributed by atoms with Gasteiger partial charge in [0.05, 0.1) is 5.52 Å². The van der Waals surface area contributed by atoms with E-state index in [9.17, 15) is 4.79 Å². The fourth-order valence-electron chi connectivity index (χ4n) is 2.69. The summed E-state index contributed by atoms with van der Waals surface area (Å²) in [6, 6.07) is 7.52. The molecule has 5 nitrogen and oxygen atoms in total. The number of amides is 1. The zero-order valence-electron chi connectivity index (χ0n) is 12.2. The van der Waals surface area contributed by atoms with E-state index in [1.165, 1.54) is 6.42 Å². The van der Waals surface area contributed by atoms with Crippen LogP contribution in [0.5, 0.6) is 0 Å². The highest BCUT2D eigenvalue weighted by atomic mass is 16.2. The van der Waals surface area contributed by atoms with E-state index in [4.69, 9.17) is 0 Å². The van der Waals surface area contributed by atoms with Gasteiger partial charge >= 0.3 is 0 Å². The highest BCUT2D eigenvalue weighted by molar-refractivity contribution is 5.84. The maximum Gasteiger partial charge on any atom is 0.244 e. The lowest BCUT2D eigenvalue weighted by molar-refractivity contribution is -0.132. The van der Waals surface area contributed by atoms with Crippen molar-refractivity contribution in [1.82, 2.24) is 14.9 Å². The van der Waals surface area contributed by atoms with Gasteiger partial charge in [0.1, 0.15) is 6.04 Å². The van der Waals surface area contributed by atoms with Gasteiger partial charge in [-0.15, -0.1) is 0 Å². The van der Waals surface area contributed by atoms with Crippen molar-refractivity contribution >= 4 is 22.8 Å². The van der Waals surface area contributed by atoms with Gasteiger partial charge < -0.3 is 10.2 Å². The number of hydrogen-bond donors (Lipinski definition) is 1. The predicted molar refractivity (Wildman–Crippen MR) is 83.1 cm³/mol. The molecule has 21 heavy (non-hydrogen) atoms. The monoisotopic (exact) mass is 284 g/mol. The maximum atomic E-state index is 12.4. The van der Waals surface area contributed by atoms with Crippen LogP contribution in [0.3, 0.4) is 0 Å². The third-order valence-electron chi connectivity index (χ3n) is 3.87. The minimum atomic E-state index is -0.302. The fraction of sp³-hybridized carbons (Fsp3) is 0.438. The van der Waals surface area contributed by atoms with E-state index in [0.29, 0.717) is 5.95 Å². The summed E-state index contributed by atoms with van der Waals surface area (Å²) in [7, 11) is 0. The van der Waals surface area contributed by atoms with Gasteiger partial charge in [0, 0.05) is 24.7 Å². The SMILES string of the molecule is CC(Nc1ncc2ccccc2n1)C(=O)N1CCCCC1. The van der Waals surface area contributed by atoms with E-state index in [0.717, 1.165) is 36.8 Å². The van der Waals surface area contributed by atoms with Crippen LogP contribution in [0.4, 0.5) is 5.95 Å². The van der Waals surface area contributed by atoms with E-state index in [1.54, 1.807) is 6.20 Å². The van der Waals surface area contributed by atoms with Crippen molar-refractivity contribution < 1.29 is 4.79 Å². The summed E-state index contributed by atoms with van der Waals surface area (Å²) >= 11 is 0. The van der Waals surface area contributed by atoms with Crippen molar-refractivity contribution in [2.75, 3.05) is 18.4 Å². The number of anilines is 1. The first kappa shape index (κ1) is 13.8. The Labute approximate surface area is 124 Å². The average Bonchev–Trinajstić information content (AvgIpc) is 2.55. The molecule has 0 spiro atoms. The first-order valence-corrected chi connectivity index (χ1v) is 7.51. The van der Waals surface area contributed by atoms with E-state index in [1.807, 2.05) is 36.1 Å². The molecule has 1 aromatic carbocycles. The Morgan fingerprint density at radius 1 is 1.24 bits per heavy atom. The number of benzene rings is 1. The molecule has 1 N–H and O–H groups in total. The molecule has 1 aliphatic rings. The Morgan fingerprint density at radius 2 is 2.00 bits per heavy atom. The summed E-state index contributed by atoms with van der Waals surface area (Å²) in [5, 5.41) is 4.12. The van der Waals surface area contributed by atoms with E-state index in [-0.39, 0.29) is 11.9 Å². The Bertz CT molecular complexity index is 637.